The van der Waals surface area contributed by atoms with Crippen LogP contribution in [0, 0.1) is 6.07 Å². The van der Waals surface area contributed by atoms with Crippen molar-refractivity contribution in [1.29, 1.82) is 0 Å². The molecule has 1 fully saturated rings. The zero-order valence-corrected chi connectivity index (χ0v) is 11.9. The molecular weight excluding hydrogens is 270 g/mol. The van der Waals surface area contributed by atoms with Crippen molar-refractivity contribution in [2.24, 2.45) is 0 Å². The van der Waals surface area contributed by atoms with Crippen molar-refractivity contribution in [2.75, 3.05) is 6.54 Å². The third-order valence-corrected chi connectivity index (χ3v) is 3.87. The summed E-state index contributed by atoms with van der Waals surface area (Å²) in [5.74, 6) is 0.890. The zero-order valence-electron chi connectivity index (χ0n) is 11.2. The van der Waals surface area contributed by atoms with Gasteiger partial charge in [0.2, 0.25) is 0 Å². The van der Waals surface area contributed by atoms with Crippen LogP contribution in [0.15, 0.2) is 48.5 Å². The lowest BCUT2D eigenvalue weighted by Crippen LogP contribution is -2.37. The molecule has 2 atom stereocenters. The third kappa shape index (κ3) is 3.33. The number of rotatable bonds is 3. The number of piperidine rings is 1. The monoisotopic (exact) mass is 286 g/mol. The highest BCUT2D eigenvalue weighted by Crippen LogP contribution is 2.26. The molecule has 0 aromatic heterocycles. The van der Waals surface area contributed by atoms with Gasteiger partial charge in [-0.3, -0.25) is 0 Å². The van der Waals surface area contributed by atoms with Crippen LogP contribution in [0.25, 0.3) is 0 Å². The summed E-state index contributed by atoms with van der Waals surface area (Å²) in [5, 5.41) is 4.28. The molecule has 2 aromatic rings. The van der Waals surface area contributed by atoms with Crippen LogP contribution in [0.4, 0.5) is 0 Å². The fourth-order valence-corrected chi connectivity index (χ4v) is 2.71. The SMILES string of the molecule is Clc1ccc(OC2CCNC(c3cc[c]cc3)C2)cc1. The van der Waals surface area contributed by atoms with Gasteiger partial charge in [0.15, 0.2) is 0 Å². The summed E-state index contributed by atoms with van der Waals surface area (Å²) in [6, 6.07) is 19.1. The van der Waals surface area contributed by atoms with Gasteiger partial charge in [-0.05, 0) is 48.9 Å². The Labute approximate surface area is 124 Å². The summed E-state index contributed by atoms with van der Waals surface area (Å²) in [6.45, 7) is 0.974. The highest BCUT2D eigenvalue weighted by atomic mass is 35.5. The molecule has 1 aliphatic heterocycles. The fraction of sp³-hybridized carbons (Fsp3) is 0.294. The lowest BCUT2D eigenvalue weighted by atomic mass is 9.95. The molecule has 1 saturated heterocycles. The summed E-state index contributed by atoms with van der Waals surface area (Å²) in [7, 11) is 0. The molecule has 3 heteroatoms. The van der Waals surface area contributed by atoms with E-state index in [1.165, 1.54) is 5.56 Å². The molecule has 2 unspecified atom stereocenters. The van der Waals surface area contributed by atoms with Gasteiger partial charge in [0, 0.05) is 17.5 Å². The first-order valence-corrected chi connectivity index (χ1v) is 7.31. The first-order chi connectivity index (χ1) is 9.81. The second-order valence-corrected chi connectivity index (χ2v) is 5.49. The van der Waals surface area contributed by atoms with E-state index in [4.69, 9.17) is 16.3 Å². The van der Waals surface area contributed by atoms with Gasteiger partial charge >= 0.3 is 0 Å². The minimum Gasteiger partial charge on any atom is -0.490 e. The molecule has 1 aliphatic rings. The van der Waals surface area contributed by atoms with Gasteiger partial charge in [0.25, 0.3) is 0 Å². The smallest absolute Gasteiger partial charge is 0.119 e. The maximum Gasteiger partial charge on any atom is 0.119 e. The van der Waals surface area contributed by atoms with E-state index >= 15 is 0 Å². The molecule has 1 heterocycles. The van der Waals surface area contributed by atoms with E-state index < -0.39 is 0 Å². The Morgan fingerprint density at radius 1 is 1.10 bits per heavy atom. The molecule has 1 N–H and O–H groups in total. The molecule has 3 rings (SSSR count). The van der Waals surface area contributed by atoms with Crippen molar-refractivity contribution in [3.8, 4) is 5.75 Å². The topological polar surface area (TPSA) is 21.3 Å². The predicted molar refractivity (Wildman–Crippen MR) is 81.1 cm³/mol. The Hall–Kier alpha value is -1.51. The molecule has 1 radical (unpaired) electrons. The van der Waals surface area contributed by atoms with Gasteiger partial charge in [-0.25, -0.2) is 0 Å². The third-order valence-electron chi connectivity index (χ3n) is 3.62. The minimum absolute atomic E-state index is 0.242. The number of halogens is 1. The van der Waals surface area contributed by atoms with E-state index in [1.54, 1.807) is 0 Å². The summed E-state index contributed by atoms with van der Waals surface area (Å²) >= 11 is 5.89. The van der Waals surface area contributed by atoms with Gasteiger partial charge < -0.3 is 10.1 Å². The van der Waals surface area contributed by atoms with Crippen molar-refractivity contribution in [2.45, 2.75) is 25.0 Å². The van der Waals surface area contributed by atoms with Gasteiger partial charge in [0.1, 0.15) is 11.9 Å². The standard InChI is InChI=1S/C17H17ClNO/c18-14-6-8-15(9-7-14)20-16-10-11-19-17(12-16)13-4-2-1-3-5-13/h2-9,16-17,19H,10-12H2. The van der Waals surface area contributed by atoms with Crippen LogP contribution in [-0.4, -0.2) is 12.6 Å². The minimum atomic E-state index is 0.242. The lowest BCUT2D eigenvalue weighted by Gasteiger charge is -2.31. The molecule has 0 bridgehead atoms. The molecule has 2 aromatic carbocycles. The number of ether oxygens (including phenoxy) is 1. The van der Waals surface area contributed by atoms with Crippen LogP contribution in [0.3, 0.4) is 0 Å². The van der Waals surface area contributed by atoms with Crippen LogP contribution in [0.5, 0.6) is 5.75 Å². The summed E-state index contributed by atoms with van der Waals surface area (Å²) in [6.07, 6.45) is 2.25. The van der Waals surface area contributed by atoms with Crippen LogP contribution in [-0.2, 0) is 0 Å². The van der Waals surface area contributed by atoms with Gasteiger partial charge in [-0.1, -0.05) is 35.9 Å². The second kappa shape index (κ2) is 6.29. The van der Waals surface area contributed by atoms with E-state index in [2.05, 4.69) is 23.5 Å². The van der Waals surface area contributed by atoms with Crippen LogP contribution < -0.4 is 10.1 Å². The van der Waals surface area contributed by atoms with Crippen LogP contribution in [0.2, 0.25) is 5.02 Å². The van der Waals surface area contributed by atoms with Crippen molar-refractivity contribution in [3.63, 3.8) is 0 Å². The van der Waals surface area contributed by atoms with Crippen LogP contribution in [0.1, 0.15) is 24.4 Å². The average molecular weight is 287 g/mol. The first kappa shape index (κ1) is 13.5. The van der Waals surface area contributed by atoms with E-state index in [0.29, 0.717) is 6.04 Å². The van der Waals surface area contributed by atoms with E-state index in [9.17, 15) is 0 Å². The van der Waals surface area contributed by atoms with Crippen molar-refractivity contribution >= 4 is 11.6 Å². The molecule has 2 nitrogen and oxygen atoms in total. The zero-order chi connectivity index (χ0) is 13.8. The number of hydrogen-bond acceptors (Lipinski definition) is 2. The highest BCUT2D eigenvalue weighted by molar-refractivity contribution is 6.30. The Morgan fingerprint density at radius 3 is 2.60 bits per heavy atom. The molecule has 0 spiro atoms. The Bertz CT molecular complexity index is 541. The highest BCUT2D eigenvalue weighted by Gasteiger charge is 2.23. The Balaban J connectivity index is 1.65. The largest absolute Gasteiger partial charge is 0.490 e. The first-order valence-electron chi connectivity index (χ1n) is 6.93. The lowest BCUT2D eigenvalue weighted by molar-refractivity contribution is 0.140. The van der Waals surface area contributed by atoms with Crippen molar-refractivity contribution in [1.82, 2.24) is 5.32 Å². The number of nitrogens with one attached hydrogen (secondary N) is 1. The number of benzene rings is 2. The maximum atomic E-state index is 6.06. The Kier molecular flexibility index (Phi) is 4.24. The quantitative estimate of drug-likeness (QED) is 0.920. The average Bonchev–Trinajstić information content (AvgIpc) is 2.51. The molecule has 0 saturated carbocycles. The molecular formula is C17H17ClNO. The van der Waals surface area contributed by atoms with Crippen molar-refractivity contribution in [3.05, 3.63) is 65.2 Å². The summed E-state index contributed by atoms with van der Waals surface area (Å²) in [5.41, 5.74) is 1.30. The molecule has 20 heavy (non-hydrogen) atoms. The van der Waals surface area contributed by atoms with Crippen molar-refractivity contribution < 1.29 is 4.74 Å². The van der Waals surface area contributed by atoms with Gasteiger partial charge in [0.05, 0.1) is 0 Å². The van der Waals surface area contributed by atoms with Gasteiger partial charge in [-0.2, -0.15) is 0 Å². The molecule has 103 valence electrons. The second-order valence-electron chi connectivity index (χ2n) is 5.06. The Morgan fingerprint density at radius 2 is 1.85 bits per heavy atom. The predicted octanol–water partition coefficient (Wildman–Crippen LogP) is 4.01. The maximum absolute atomic E-state index is 6.06. The summed E-state index contributed by atoms with van der Waals surface area (Å²) in [4.78, 5) is 0. The van der Waals surface area contributed by atoms with Gasteiger partial charge in [-0.15, -0.1) is 0 Å². The van der Waals surface area contributed by atoms with E-state index in [1.807, 2.05) is 36.4 Å². The normalized spacial score (nSPS) is 22.4. The van der Waals surface area contributed by atoms with E-state index in [-0.39, 0.29) is 6.10 Å². The summed E-state index contributed by atoms with van der Waals surface area (Å²) < 4.78 is 6.06. The van der Waals surface area contributed by atoms with E-state index in [0.717, 1.165) is 30.2 Å². The molecule has 0 amide bonds. The molecule has 0 aliphatic carbocycles. The van der Waals surface area contributed by atoms with Crippen LogP contribution >= 0.6 is 11.6 Å². The fourth-order valence-electron chi connectivity index (χ4n) is 2.58. The number of hydrogen-bond donors (Lipinski definition) is 1.